The van der Waals surface area contributed by atoms with Crippen molar-refractivity contribution in [2.45, 2.75) is 25.9 Å². The SMILES string of the molecule is O=C(Cc1ccccc1)NC/C(=N\OCC1CC1)c1c(OC(F)F)ccc(F)c1F. The van der Waals surface area contributed by atoms with Crippen LogP contribution in [0.15, 0.2) is 47.6 Å². The predicted molar refractivity (Wildman–Crippen MR) is 101 cm³/mol. The molecule has 1 aliphatic rings. The van der Waals surface area contributed by atoms with Crippen molar-refractivity contribution in [2.75, 3.05) is 13.2 Å². The highest BCUT2D eigenvalue weighted by atomic mass is 19.3. The average Bonchev–Trinajstić information content (AvgIpc) is 3.53. The van der Waals surface area contributed by atoms with E-state index in [0.29, 0.717) is 12.0 Å². The number of hydrogen-bond acceptors (Lipinski definition) is 4. The summed E-state index contributed by atoms with van der Waals surface area (Å²) in [5.41, 5.74) is -0.132. The van der Waals surface area contributed by atoms with Crippen LogP contribution in [0, 0.1) is 17.6 Å². The molecule has 0 saturated heterocycles. The molecule has 0 unspecified atom stereocenters. The fourth-order valence-corrected chi connectivity index (χ4v) is 2.69. The van der Waals surface area contributed by atoms with E-state index in [1.807, 2.05) is 0 Å². The van der Waals surface area contributed by atoms with Crippen molar-refractivity contribution in [3.63, 3.8) is 0 Å². The predicted octanol–water partition coefficient (Wildman–Crippen LogP) is 4.06. The number of benzene rings is 2. The van der Waals surface area contributed by atoms with Gasteiger partial charge in [-0.1, -0.05) is 35.5 Å². The van der Waals surface area contributed by atoms with Crippen LogP contribution >= 0.6 is 0 Å². The van der Waals surface area contributed by atoms with E-state index in [1.54, 1.807) is 30.3 Å². The largest absolute Gasteiger partial charge is 0.434 e. The fourth-order valence-electron chi connectivity index (χ4n) is 2.69. The van der Waals surface area contributed by atoms with Crippen LogP contribution in [0.4, 0.5) is 17.6 Å². The van der Waals surface area contributed by atoms with Gasteiger partial charge in [-0.15, -0.1) is 0 Å². The normalized spacial score (nSPS) is 14.0. The lowest BCUT2D eigenvalue weighted by Crippen LogP contribution is -2.32. The number of carbonyl (C=O) groups excluding carboxylic acids is 1. The van der Waals surface area contributed by atoms with Gasteiger partial charge < -0.3 is 14.9 Å². The maximum absolute atomic E-state index is 14.5. The van der Waals surface area contributed by atoms with Gasteiger partial charge in [-0.3, -0.25) is 4.79 Å². The Balaban J connectivity index is 1.80. The zero-order valence-electron chi connectivity index (χ0n) is 15.9. The van der Waals surface area contributed by atoms with Gasteiger partial charge in [0.2, 0.25) is 5.91 Å². The van der Waals surface area contributed by atoms with Crippen molar-refractivity contribution in [2.24, 2.45) is 11.1 Å². The lowest BCUT2D eigenvalue weighted by atomic mass is 10.1. The van der Waals surface area contributed by atoms with Crippen molar-refractivity contribution in [1.29, 1.82) is 0 Å². The first-order valence-corrected chi connectivity index (χ1v) is 9.36. The van der Waals surface area contributed by atoms with Crippen LogP contribution in [0.1, 0.15) is 24.0 Å². The summed E-state index contributed by atoms with van der Waals surface area (Å²) < 4.78 is 58.1. The summed E-state index contributed by atoms with van der Waals surface area (Å²) in [4.78, 5) is 17.4. The molecular formula is C21H20F4N2O3. The lowest BCUT2D eigenvalue weighted by Gasteiger charge is -2.15. The minimum Gasteiger partial charge on any atom is -0.434 e. The molecule has 3 rings (SSSR count). The first kappa shape index (κ1) is 21.6. The number of nitrogens with one attached hydrogen (secondary N) is 1. The van der Waals surface area contributed by atoms with Crippen LogP contribution in [0.5, 0.6) is 5.75 Å². The Bertz CT molecular complexity index is 903. The summed E-state index contributed by atoms with van der Waals surface area (Å²) in [6.45, 7) is -3.37. The molecule has 1 aliphatic carbocycles. The second kappa shape index (κ2) is 10.1. The van der Waals surface area contributed by atoms with Crippen LogP contribution in [0.3, 0.4) is 0 Å². The number of hydrogen-bond donors (Lipinski definition) is 1. The Morgan fingerprint density at radius 2 is 1.87 bits per heavy atom. The van der Waals surface area contributed by atoms with Crippen LogP contribution in [-0.4, -0.2) is 31.4 Å². The molecule has 0 atom stereocenters. The van der Waals surface area contributed by atoms with Gasteiger partial charge in [0.05, 0.1) is 18.5 Å². The minimum atomic E-state index is -3.25. The zero-order chi connectivity index (χ0) is 21.5. The van der Waals surface area contributed by atoms with Gasteiger partial charge in [-0.2, -0.15) is 8.78 Å². The van der Waals surface area contributed by atoms with E-state index >= 15 is 0 Å². The summed E-state index contributed by atoms with van der Waals surface area (Å²) in [6, 6.07) is 10.4. The molecule has 160 valence electrons. The number of oxime groups is 1. The van der Waals surface area contributed by atoms with Gasteiger partial charge in [0, 0.05) is 0 Å². The van der Waals surface area contributed by atoms with E-state index in [9.17, 15) is 22.4 Å². The second-order valence-corrected chi connectivity index (χ2v) is 6.83. The summed E-state index contributed by atoms with van der Waals surface area (Å²) >= 11 is 0. The van der Waals surface area contributed by atoms with E-state index in [-0.39, 0.29) is 25.3 Å². The van der Waals surface area contributed by atoms with Crippen molar-refractivity contribution in [3.8, 4) is 5.75 Å². The molecule has 0 aromatic heterocycles. The maximum Gasteiger partial charge on any atom is 0.387 e. The number of ether oxygens (including phenoxy) is 1. The van der Waals surface area contributed by atoms with Gasteiger partial charge in [-0.25, -0.2) is 8.78 Å². The Morgan fingerprint density at radius 3 is 2.53 bits per heavy atom. The Kier molecular flexibility index (Phi) is 7.26. The third kappa shape index (κ3) is 6.20. The van der Waals surface area contributed by atoms with E-state index in [2.05, 4.69) is 15.2 Å². The smallest absolute Gasteiger partial charge is 0.387 e. The lowest BCUT2D eigenvalue weighted by molar-refractivity contribution is -0.120. The van der Waals surface area contributed by atoms with Gasteiger partial charge in [-0.05, 0) is 36.5 Å². The van der Waals surface area contributed by atoms with Gasteiger partial charge in [0.15, 0.2) is 11.6 Å². The summed E-state index contributed by atoms with van der Waals surface area (Å²) in [7, 11) is 0. The van der Waals surface area contributed by atoms with Crippen molar-refractivity contribution in [3.05, 3.63) is 65.2 Å². The Hall–Kier alpha value is -3.10. The third-order valence-electron chi connectivity index (χ3n) is 4.40. The molecule has 1 saturated carbocycles. The summed E-state index contributed by atoms with van der Waals surface area (Å²) in [6.07, 6.45) is 1.97. The molecule has 0 radical (unpaired) electrons. The van der Waals surface area contributed by atoms with Gasteiger partial charge in [0.25, 0.3) is 0 Å². The minimum absolute atomic E-state index is 0.0447. The molecule has 9 heteroatoms. The Labute approximate surface area is 170 Å². The molecule has 1 amide bonds. The van der Waals surface area contributed by atoms with Crippen LogP contribution in [0.25, 0.3) is 0 Å². The summed E-state index contributed by atoms with van der Waals surface area (Å²) in [5.74, 6) is -3.38. The quantitative estimate of drug-likeness (QED) is 0.356. The van der Waals surface area contributed by atoms with Gasteiger partial charge >= 0.3 is 6.61 Å². The standard InChI is InChI=1S/C21H20F4N2O3/c22-15-8-9-17(30-21(24)25)19(20(15)23)16(27-29-12-14-6-7-14)11-26-18(28)10-13-4-2-1-3-5-13/h1-5,8-9,14,21H,6-7,10-12H2,(H,26,28)/b27-16+. The third-order valence-corrected chi connectivity index (χ3v) is 4.40. The highest BCUT2D eigenvalue weighted by Crippen LogP contribution is 2.29. The highest BCUT2D eigenvalue weighted by molar-refractivity contribution is 6.05. The van der Waals surface area contributed by atoms with Crippen LogP contribution in [-0.2, 0) is 16.1 Å². The molecule has 1 N–H and O–H groups in total. The van der Waals surface area contributed by atoms with E-state index in [0.717, 1.165) is 24.5 Å². The van der Waals surface area contributed by atoms with Crippen molar-refractivity contribution in [1.82, 2.24) is 5.32 Å². The molecule has 0 aliphatic heterocycles. The van der Waals surface area contributed by atoms with E-state index in [1.165, 1.54) is 0 Å². The molecule has 2 aromatic carbocycles. The van der Waals surface area contributed by atoms with Gasteiger partial charge in [0.1, 0.15) is 18.1 Å². The first-order valence-electron chi connectivity index (χ1n) is 9.36. The average molecular weight is 424 g/mol. The number of carbonyl (C=O) groups is 1. The summed E-state index contributed by atoms with van der Waals surface area (Å²) in [5, 5.41) is 6.32. The van der Waals surface area contributed by atoms with Crippen LogP contribution < -0.4 is 10.1 Å². The number of nitrogens with zero attached hydrogens (tertiary/aromatic N) is 1. The van der Waals surface area contributed by atoms with Crippen molar-refractivity contribution >= 4 is 11.6 Å². The maximum atomic E-state index is 14.5. The Morgan fingerprint density at radius 1 is 1.13 bits per heavy atom. The number of halogens is 4. The van der Waals surface area contributed by atoms with E-state index in [4.69, 9.17) is 4.84 Å². The van der Waals surface area contributed by atoms with E-state index < -0.39 is 35.5 Å². The topological polar surface area (TPSA) is 59.9 Å². The molecule has 0 spiro atoms. The molecule has 5 nitrogen and oxygen atoms in total. The molecule has 30 heavy (non-hydrogen) atoms. The highest BCUT2D eigenvalue weighted by Gasteiger charge is 2.25. The van der Waals surface area contributed by atoms with Crippen LogP contribution in [0.2, 0.25) is 0 Å². The zero-order valence-corrected chi connectivity index (χ0v) is 15.9. The van der Waals surface area contributed by atoms with Crippen molar-refractivity contribution < 1.29 is 31.9 Å². The monoisotopic (exact) mass is 424 g/mol. The molecule has 2 aromatic rings. The molecular weight excluding hydrogens is 404 g/mol. The number of alkyl halides is 2. The molecule has 0 bridgehead atoms. The second-order valence-electron chi connectivity index (χ2n) is 6.83. The molecule has 0 heterocycles. The number of rotatable bonds is 10. The number of amides is 1. The fraction of sp³-hybridized carbons (Fsp3) is 0.333. The molecule has 1 fully saturated rings. The first-order chi connectivity index (χ1) is 14.4.